The van der Waals surface area contributed by atoms with Gasteiger partial charge in [-0.3, -0.25) is 9.59 Å². The molecule has 1 heterocycles. The Kier molecular flexibility index (Phi) is 8.38. The van der Waals surface area contributed by atoms with Crippen LogP contribution < -0.4 is 15.4 Å². The van der Waals surface area contributed by atoms with Gasteiger partial charge in [-0.15, -0.1) is 0 Å². The molecule has 0 bridgehead atoms. The molecule has 8 nitrogen and oxygen atoms in total. The molecule has 0 aliphatic carbocycles. The molecule has 0 unspecified atom stereocenters. The van der Waals surface area contributed by atoms with Crippen molar-refractivity contribution >= 4 is 23.5 Å². The van der Waals surface area contributed by atoms with Gasteiger partial charge >= 0.3 is 6.03 Å². The Balaban J connectivity index is 1.62. The summed E-state index contributed by atoms with van der Waals surface area (Å²) in [5, 5.41) is 5.27. The van der Waals surface area contributed by atoms with Crippen LogP contribution in [0.5, 0.6) is 5.75 Å². The first-order valence-electron chi connectivity index (χ1n) is 12.3. The van der Waals surface area contributed by atoms with Gasteiger partial charge in [0.2, 0.25) is 5.91 Å². The Morgan fingerprint density at radius 3 is 2.42 bits per heavy atom. The quantitative estimate of drug-likeness (QED) is 0.302. The lowest BCUT2D eigenvalue weighted by Gasteiger charge is -2.30. The third kappa shape index (κ3) is 5.84. The number of benzene rings is 3. The molecule has 0 aromatic heterocycles. The second-order valence-electron chi connectivity index (χ2n) is 9.12. The van der Waals surface area contributed by atoms with E-state index in [9.17, 15) is 18.8 Å². The van der Waals surface area contributed by atoms with Gasteiger partial charge in [-0.05, 0) is 47.9 Å². The molecule has 1 aliphatic heterocycles. The van der Waals surface area contributed by atoms with E-state index in [1.807, 2.05) is 30.3 Å². The first-order valence-corrected chi connectivity index (χ1v) is 12.3. The van der Waals surface area contributed by atoms with Crippen molar-refractivity contribution in [3.8, 4) is 5.75 Å². The summed E-state index contributed by atoms with van der Waals surface area (Å²) in [6, 6.07) is 17.4. The molecule has 1 fully saturated rings. The summed E-state index contributed by atoms with van der Waals surface area (Å²) in [6.07, 6.45) is 0. The predicted molar refractivity (Wildman–Crippen MR) is 140 cm³/mol. The topological polar surface area (TPSA) is 97.0 Å². The second kappa shape index (κ2) is 11.9. The minimum absolute atomic E-state index is 0.0291. The van der Waals surface area contributed by atoms with Crippen molar-refractivity contribution in [2.75, 3.05) is 25.6 Å². The number of nitrogens with zero attached hydrogens (tertiary/aromatic N) is 1. The van der Waals surface area contributed by atoms with Gasteiger partial charge in [-0.25, -0.2) is 14.1 Å². The third-order valence-electron chi connectivity index (χ3n) is 6.47. The number of ether oxygens (including phenoxy) is 2. The molecule has 4 rings (SSSR count). The zero-order chi connectivity index (χ0) is 27.2. The molecule has 0 spiro atoms. The maximum Gasteiger partial charge on any atom is 0.325 e. The fraction of sp³-hybridized carbons (Fsp3) is 0.276. The van der Waals surface area contributed by atoms with Crippen LogP contribution in [0.1, 0.15) is 35.6 Å². The number of imide groups is 1. The first kappa shape index (κ1) is 26.8. The zero-order valence-electron chi connectivity index (χ0n) is 21.4. The van der Waals surface area contributed by atoms with Crippen molar-refractivity contribution in [1.29, 1.82) is 0 Å². The average molecular weight is 520 g/mol. The standard InChI is InChI=1S/C29H30FN3O5/c1-18-9-14-24(23(30)17-18)31-27(34)26(19(2)20-7-5-4-6-8-20)33-28(35)25(32-29(33)36)21-10-12-22(13-11-21)38-16-15-37-3/h4-14,17,19,25-26H,15-16H2,1-3H3,(H,31,34)(H,32,36)/t19-,25+,26-/m0/s1. The van der Waals surface area contributed by atoms with Gasteiger partial charge in [-0.1, -0.05) is 55.5 Å². The Bertz CT molecular complexity index is 1300. The van der Waals surface area contributed by atoms with E-state index in [0.29, 0.717) is 30.1 Å². The van der Waals surface area contributed by atoms with E-state index in [4.69, 9.17) is 9.47 Å². The number of amides is 4. The van der Waals surface area contributed by atoms with Gasteiger partial charge in [0.25, 0.3) is 5.91 Å². The maximum absolute atomic E-state index is 14.6. The molecule has 3 atom stereocenters. The van der Waals surface area contributed by atoms with Crippen molar-refractivity contribution in [3.05, 3.63) is 95.3 Å². The van der Waals surface area contributed by atoms with E-state index in [2.05, 4.69) is 10.6 Å². The van der Waals surface area contributed by atoms with E-state index < -0.39 is 41.7 Å². The number of rotatable bonds is 10. The monoisotopic (exact) mass is 519 g/mol. The Morgan fingerprint density at radius 1 is 1.05 bits per heavy atom. The minimum Gasteiger partial charge on any atom is -0.491 e. The van der Waals surface area contributed by atoms with E-state index in [0.717, 1.165) is 10.5 Å². The minimum atomic E-state index is -1.23. The van der Waals surface area contributed by atoms with Crippen molar-refractivity contribution in [1.82, 2.24) is 10.2 Å². The number of anilines is 1. The Hall–Kier alpha value is -4.24. The Morgan fingerprint density at radius 2 is 1.76 bits per heavy atom. The van der Waals surface area contributed by atoms with Gasteiger partial charge in [0, 0.05) is 13.0 Å². The van der Waals surface area contributed by atoms with E-state index >= 15 is 0 Å². The molecule has 198 valence electrons. The summed E-state index contributed by atoms with van der Waals surface area (Å²) in [7, 11) is 1.58. The molecular weight excluding hydrogens is 489 g/mol. The summed E-state index contributed by atoms with van der Waals surface area (Å²) in [6.45, 7) is 4.30. The van der Waals surface area contributed by atoms with Gasteiger partial charge in [-0.2, -0.15) is 0 Å². The van der Waals surface area contributed by atoms with Crippen molar-refractivity contribution < 1.29 is 28.2 Å². The molecular formula is C29H30FN3O5. The zero-order valence-corrected chi connectivity index (χ0v) is 21.4. The van der Waals surface area contributed by atoms with Gasteiger partial charge in [0.15, 0.2) is 0 Å². The predicted octanol–water partition coefficient (Wildman–Crippen LogP) is 4.56. The molecule has 9 heteroatoms. The number of urea groups is 1. The smallest absolute Gasteiger partial charge is 0.325 e. The molecule has 3 aromatic carbocycles. The lowest BCUT2D eigenvalue weighted by molar-refractivity contribution is -0.134. The second-order valence-corrected chi connectivity index (χ2v) is 9.12. The number of hydrogen-bond acceptors (Lipinski definition) is 5. The fourth-order valence-corrected chi connectivity index (χ4v) is 4.42. The van der Waals surface area contributed by atoms with E-state index in [-0.39, 0.29) is 5.69 Å². The van der Waals surface area contributed by atoms with Crippen molar-refractivity contribution in [2.45, 2.75) is 31.8 Å². The summed E-state index contributed by atoms with van der Waals surface area (Å²) < 4.78 is 25.1. The summed E-state index contributed by atoms with van der Waals surface area (Å²) in [4.78, 5) is 41.3. The number of methoxy groups -OCH3 is 1. The normalized spacial score (nSPS) is 16.6. The van der Waals surface area contributed by atoms with Gasteiger partial charge in [0.1, 0.15) is 30.3 Å². The fourth-order valence-electron chi connectivity index (χ4n) is 4.42. The summed E-state index contributed by atoms with van der Waals surface area (Å²) in [5.74, 6) is -1.83. The number of hydrogen-bond donors (Lipinski definition) is 2. The number of halogens is 1. The van der Waals surface area contributed by atoms with Crippen LogP contribution >= 0.6 is 0 Å². The van der Waals surface area contributed by atoms with Crippen molar-refractivity contribution in [3.63, 3.8) is 0 Å². The molecule has 0 saturated carbocycles. The van der Waals surface area contributed by atoms with Crippen LogP contribution in [0.15, 0.2) is 72.8 Å². The van der Waals surface area contributed by atoms with Crippen LogP contribution in [0.25, 0.3) is 0 Å². The highest BCUT2D eigenvalue weighted by atomic mass is 19.1. The lowest BCUT2D eigenvalue weighted by atomic mass is 9.91. The third-order valence-corrected chi connectivity index (χ3v) is 6.47. The lowest BCUT2D eigenvalue weighted by Crippen LogP contribution is -2.50. The van der Waals surface area contributed by atoms with Crippen LogP contribution in [0.3, 0.4) is 0 Å². The van der Waals surface area contributed by atoms with Crippen LogP contribution in [-0.4, -0.2) is 49.1 Å². The Labute approximate surface area is 220 Å². The summed E-state index contributed by atoms with van der Waals surface area (Å²) >= 11 is 0. The van der Waals surface area contributed by atoms with Crippen LogP contribution in [0, 0.1) is 12.7 Å². The SMILES string of the molecule is COCCOc1ccc([C@H]2NC(=O)N([C@H](C(=O)Nc3ccc(C)cc3F)[C@@H](C)c3ccccc3)C2=O)cc1. The highest BCUT2D eigenvalue weighted by Gasteiger charge is 2.47. The van der Waals surface area contributed by atoms with Gasteiger partial charge in [0.05, 0.1) is 12.3 Å². The molecule has 0 radical (unpaired) electrons. The number of aryl methyl sites for hydroxylation is 1. The van der Waals surface area contributed by atoms with Gasteiger partial charge < -0.3 is 20.1 Å². The van der Waals surface area contributed by atoms with Crippen LogP contribution in [-0.2, 0) is 14.3 Å². The molecule has 2 N–H and O–H groups in total. The molecule has 4 amide bonds. The molecule has 1 aliphatic rings. The average Bonchev–Trinajstić information content (AvgIpc) is 3.20. The highest BCUT2D eigenvalue weighted by Crippen LogP contribution is 2.32. The van der Waals surface area contributed by atoms with E-state index in [1.54, 1.807) is 51.3 Å². The van der Waals surface area contributed by atoms with Crippen LogP contribution in [0.2, 0.25) is 0 Å². The molecule has 3 aromatic rings. The first-order chi connectivity index (χ1) is 18.3. The molecule has 38 heavy (non-hydrogen) atoms. The number of carbonyl (C=O) groups excluding carboxylic acids is 3. The largest absolute Gasteiger partial charge is 0.491 e. The summed E-state index contributed by atoms with van der Waals surface area (Å²) in [5.41, 5.74) is 1.96. The van der Waals surface area contributed by atoms with Crippen molar-refractivity contribution in [2.24, 2.45) is 0 Å². The molecule has 1 saturated heterocycles. The highest BCUT2D eigenvalue weighted by molar-refractivity contribution is 6.10. The van der Waals surface area contributed by atoms with Crippen LogP contribution in [0.4, 0.5) is 14.9 Å². The van der Waals surface area contributed by atoms with E-state index in [1.165, 1.54) is 12.1 Å². The maximum atomic E-state index is 14.6. The number of nitrogens with one attached hydrogen (secondary N) is 2. The number of carbonyl (C=O) groups is 3.